The molecule has 0 saturated carbocycles. The van der Waals surface area contributed by atoms with Gasteiger partial charge in [-0.2, -0.15) is 11.8 Å². The highest BCUT2D eigenvalue weighted by Gasteiger charge is 2.16. The van der Waals surface area contributed by atoms with Gasteiger partial charge in [0.1, 0.15) is 0 Å². The van der Waals surface area contributed by atoms with Crippen molar-refractivity contribution in [3.8, 4) is 0 Å². The van der Waals surface area contributed by atoms with E-state index in [2.05, 4.69) is 13.8 Å². The first-order valence-electron chi connectivity index (χ1n) is 5.02. The molecule has 0 rings (SSSR count). The molecule has 0 bridgehead atoms. The largest absolute Gasteiger partial charge is 0.389 e. The predicted octanol–water partition coefficient (Wildman–Crippen LogP) is 2.01. The van der Waals surface area contributed by atoms with E-state index in [1.165, 1.54) is 12.2 Å². The minimum Gasteiger partial charge on any atom is -0.389 e. The Hall–Kier alpha value is 0.270. The Morgan fingerprint density at radius 1 is 1.38 bits per heavy atom. The van der Waals surface area contributed by atoms with Gasteiger partial charge < -0.3 is 10.8 Å². The number of thioether (sulfide) groups is 1. The van der Waals surface area contributed by atoms with Crippen molar-refractivity contribution in [1.29, 1.82) is 0 Å². The summed E-state index contributed by atoms with van der Waals surface area (Å²) in [4.78, 5) is 0. The molecule has 0 aromatic heterocycles. The molecular weight excluding hydrogens is 182 g/mol. The van der Waals surface area contributed by atoms with Gasteiger partial charge in [0.25, 0.3) is 0 Å². The molecule has 13 heavy (non-hydrogen) atoms. The minimum absolute atomic E-state index is 0.365. The molecule has 0 aliphatic rings. The highest BCUT2D eigenvalue weighted by Crippen LogP contribution is 2.16. The summed E-state index contributed by atoms with van der Waals surface area (Å²) in [6.45, 7) is 6.59. The van der Waals surface area contributed by atoms with E-state index in [4.69, 9.17) is 5.73 Å². The van der Waals surface area contributed by atoms with Gasteiger partial charge in [-0.1, -0.05) is 13.8 Å². The molecule has 3 N–H and O–H groups in total. The zero-order valence-electron chi connectivity index (χ0n) is 9.05. The lowest BCUT2D eigenvalue weighted by molar-refractivity contribution is 0.0577. The molecule has 0 spiro atoms. The first-order valence-corrected chi connectivity index (χ1v) is 6.07. The van der Waals surface area contributed by atoms with E-state index in [0.717, 1.165) is 18.1 Å². The van der Waals surface area contributed by atoms with E-state index in [1.807, 2.05) is 18.7 Å². The lowest BCUT2D eigenvalue weighted by Crippen LogP contribution is -2.33. The van der Waals surface area contributed by atoms with Crippen LogP contribution in [0.2, 0.25) is 0 Å². The lowest BCUT2D eigenvalue weighted by Gasteiger charge is -2.20. The molecule has 0 amide bonds. The van der Waals surface area contributed by atoms with Crippen LogP contribution in [-0.4, -0.2) is 28.3 Å². The molecule has 0 aromatic carbocycles. The first kappa shape index (κ1) is 13.3. The summed E-state index contributed by atoms with van der Waals surface area (Å²) in [7, 11) is 0. The van der Waals surface area contributed by atoms with E-state index >= 15 is 0 Å². The van der Waals surface area contributed by atoms with Crippen LogP contribution >= 0.6 is 11.8 Å². The van der Waals surface area contributed by atoms with Crippen LogP contribution in [0.15, 0.2) is 0 Å². The highest BCUT2D eigenvalue weighted by molar-refractivity contribution is 7.99. The van der Waals surface area contributed by atoms with E-state index in [0.29, 0.717) is 6.54 Å². The van der Waals surface area contributed by atoms with Crippen molar-refractivity contribution >= 4 is 11.8 Å². The van der Waals surface area contributed by atoms with Crippen molar-refractivity contribution in [1.82, 2.24) is 0 Å². The fourth-order valence-electron chi connectivity index (χ4n) is 1.03. The second-order valence-electron chi connectivity index (χ2n) is 4.08. The number of hydrogen-bond acceptors (Lipinski definition) is 3. The van der Waals surface area contributed by atoms with Crippen molar-refractivity contribution in [3.05, 3.63) is 0 Å². The standard InChI is InChI=1S/C10H23NOS/c1-9(2)13-7-5-4-6-10(3,12)8-11/h9,12H,4-8,11H2,1-3H3. The van der Waals surface area contributed by atoms with Gasteiger partial charge in [0.15, 0.2) is 0 Å². The van der Waals surface area contributed by atoms with Crippen molar-refractivity contribution in [2.75, 3.05) is 12.3 Å². The average Bonchev–Trinajstić information content (AvgIpc) is 2.03. The van der Waals surface area contributed by atoms with Crippen molar-refractivity contribution in [2.45, 2.75) is 50.9 Å². The summed E-state index contributed by atoms with van der Waals surface area (Å²) < 4.78 is 0. The second-order valence-corrected chi connectivity index (χ2v) is 5.76. The normalized spacial score (nSPS) is 16.2. The Balaban J connectivity index is 3.26. The molecule has 0 saturated heterocycles. The summed E-state index contributed by atoms with van der Waals surface area (Å²) >= 11 is 1.98. The molecule has 1 unspecified atom stereocenters. The van der Waals surface area contributed by atoms with Crippen molar-refractivity contribution in [2.24, 2.45) is 5.73 Å². The monoisotopic (exact) mass is 205 g/mol. The number of nitrogens with two attached hydrogens (primary N) is 1. The van der Waals surface area contributed by atoms with E-state index < -0.39 is 5.60 Å². The van der Waals surface area contributed by atoms with Crippen LogP contribution in [0.1, 0.15) is 40.0 Å². The van der Waals surface area contributed by atoms with Crippen molar-refractivity contribution < 1.29 is 5.11 Å². The fraction of sp³-hybridized carbons (Fsp3) is 1.00. The molecular formula is C10H23NOS. The van der Waals surface area contributed by atoms with Gasteiger partial charge in [-0.05, 0) is 37.2 Å². The fourth-order valence-corrected chi connectivity index (χ4v) is 1.87. The third-order valence-corrected chi connectivity index (χ3v) is 3.19. The third kappa shape index (κ3) is 8.60. The molecule has 2 nitrogen and oxygen atoms in total. The zero-order chi connectivity index (χ0) is 10.3. The molecule has 0 aromatic rings. The van der Waals surface area contributed by atoms with Crippen LogP contribution in [0, 0.1) is 0 Å². The van der Waals surface area contributed by atoms with E-state index in [1.54, 1.807) is 0 Å². The maximum absolute atomic E-state index is 9.60. The average molecular weight is 205 g/mol. The second kappa shape index (κ2) is 6.68. The maximum atomic E-state index is 9.60. The Morgan fingerprint density at radius 2 is 2.00 bits per heavy atom. The summed E-state index contributed by atoms with van der Waals surface area (Å²) in [6, 6.07) is 0. The zero-order valence-corrected chi connectivity index (χ0v) is 9.86. The van der Waals surface area contributed by atoms with Gasteiger partial charge in [0.05, 0.1) is 5.60 Å². The van der Waals surface area contributed by atoms with Gasteiger partial charge in [0, 0.05) is 6.54 Å². The molecule has 1 atom stereocenters. The predicted molar refractivity (Wildman–Crippen MR) is 61.1 cm³/mol. The topological polar surface area (TPSA) is 46.2 Å². The number of hydrogen-bond donors (Lipinski definition) is 2. The van der Waals surface area contributed by atoms with Gasteiger partial charge in [-0.3, -0.25) is 0 Å². The summed E-state index contributed by atoms with van der Waals surface area (Å²) in [6.07, 6.45) is 3.07. The van der Waals surface area contributed by atoms with Gasteiger partial charge in [0.2, 0.25) is 0 Å². The quantitative estimate of drug-likeness (QED) is 0.625. The highest BCUT2D eigenvalue weighted by atomic mass is 32.2. The Bertz CT molecular complexity index is 126. The number of rotatable bonds is 7. The van der Waals surface area contributed by atoms with Crippen LogP contribution in [0.5, 0.6) is 0 Å². The van der Waals surface area contributed by atoms with Gasteiger partial charge in [-0.25, -0.2) is 0 Å². The van der Waals surface area contributed by atoms with Gasteiger partial charge >= 0.3 is 0 Å². The number of aliphatic hydroxyl groups is 1. The molecule has 80 valence electrons. The molecule has 0 radical (unpaired) electrons. The Morgan fingerprint density at radius 3 is 2.46 bits per heavy atom. The third-order valence-electron chi connectivity index (χ3n) is 2.00. The van der Waals surface area contributed by atoms with E-state index in [-0.39, 0.29) is 0 Å². The summed E-state index contributed by atoms with van der Waals surface area (Å²) in [5.74, 6) is 1.19. The van der Waals surface area contributed by atoms with Crippen LogP contribution < -0.4 is 5.73 Å². The molecule has 0 aliphatic heterocycles. The smallest absolute Gasteiger partial charge is 0.0741 e. The van der Waals surface area contributed by atoms with Crippen LogP contribution in [-0.2, 0) is 0 Å². The summed E-state index contributed by atoms with van der Waals surface area (Å²) in [5, 5.41) is 10.3. The Kier molecular flexibility index (Phi) is 6.82. The van der Waals surface area contributed by atoms with Crippen LogP contribution in [0.4, 0.5) is 0 Å². The van der Waals surface area contributed by atoms with Crippen LogP contribution in [0.25, 0.3) is 0 Å². The molecule has 0 fully saturated rings. The molecule has 3 heteroatoms. The molecule has 0 aliphatic carbocycles. The lowest BCUT2D eigenvalue weighted by atomic mass is 10.00. The SMILES string of the molecule is CC(C)SCCCCC(C)(O)CN. The maximum Gasteiger partial charge on any atom is 0.0741 e. The van der Waals surface area contributed by atoms with E-state index in [9.17, 15) is 5.11 Å². The van der Waals surface area contributed by atoms with Crippen LogP contribution in [0.3, 0.4) is 0 Å². The minimum atomic E-state index is -0.650. The number of unbranched alkanes of at least 4 members (excludes halogenated alkanes) is 1. The first-order chi connectivity index (χ1) is 5.98. The van der Waals surface area contributed by atoms with Crippen molar-refractivity contribution in [3.63, 3.8) is 0 Å². The molecule has 0 heterocycles. The van der Waals surface area contributed by atoms with Gasteiger partial charge in [-0.15, -0.1) is 0 Å². The Labute approximate surface area is 86.3 Å². The summed E-state index contributed by atoms with van der Waals surface area (Å²) in [5.41, 5.74) is 4.76.